The highest BCUT2D eigenvalue weighted by Crippen LogP contribution is 2.24. The Balaban J connectivity index is 3.34. The van der Waals surface area contributed by atoms with Crippen LogP contribution < -0.4 is 0 Å². The van der Waals surface area contributed by atoms with Gasteiger partial charge in [0.15, 0.2) is 0 Å². The number of hydrogen-bond donors (Lipinski definition) is 1. The first kappa shape index (κ1) is 12.6. The number of carbonyl (C=O) groups excluding carboxylic acids is 2. The molecular weight excluding hydrogens is 224 g/mol. The number of nitriles is 1. The van der Waals surface area contributed by atoms with Gasteiger partial charge in [-0.15, -0.1) is 0 Å². The molecule has 0 spiro atoms. The van der Waals surface area contributed by atoms with Gasteiger partial charge in [-0.2, -0.15) is 5.26 Å². The van der Waals surface area contributed by atoms with E-state index in [-0.39, 0.29) is 16.7 Å². The molecule has 0 fully saturated rings. The molecule has 0 saturated carbocycles. The minimum absolute atomic E-state index is 0.183. The molecule has 2 amide bonds. The van der Waals surface area contributed by atoms with Crippen molar-refractivity contribution in [3.8, 4) is 6.07 Å². The van der Waals surface area contributed by atoms with Crippen molar-refractivity contribution < 1.29 is 19.5 Å². The monoisotopic (exact) mass is 234 g/mol. The Kier molecular flexibility index (Phi) is 3.43. The van der Waals surface area contributed by atoms with E-state index in [4.69, 9.17) is 10.4 Å². The topological polar surface area (TPSA) is 98.5 Å². The maximum absolute atomic E-state index is 11.8. The molecule has 0 aromatic rings. The molecule has 1 rings (SSSR count). The standard InChI is InChI=1S/C11H10N2O4/c1-3-7-6(2)8(4-12)11(17)13(10(7)16)5-9(14)15/h3H,5H2,1-2H3,(H,14,15). The normalized spacial score (nSPS) is 18.6. The van der Waals surface area contributed by atoms with Gasteiger partial charge in [0.25, 0.3) is 11.8 Å². The van der Waals surface area contributed by atoms with Gasteiger partial charge in [-0.25, -0.2) is 0 Å². The van der Waals surface area contributed by atoms with Gasteiger partial charge in [0.1, 0.15) is 18.2 Å². The van der Waals surface area contributed by atoms with Gasteiger partial charge < -0.3 is 5.11 Å². The van der Waals surface area contributed by atoms with E-state index in [0.717, 1.165) is 0 Å². The third-order valence-corrected chi connectivity index (χ3v) is 2.41. The molecule has 0 aliphatic carbocycles. The summed E-state index contributed by atoms with van der Waals surface area (Å²) in [5.41, 5.74) is 0.271. The summed E-state index contributed by atoms with van der Waals surface area (Å²) in [6, 6.07) is 1.69. The molecule has 0 saturated heterocycles. The molecule has 0 unspecified atom stereocenters. The number of rotatable bonds is 2. The minimum atomic E-state index is -1.31. The van der Waals surface area contributed by atoms with Crippen LogP contribution in [-0.2, 0) is 14.4 Å². The highest BCUT2D eigenvalue weighted by Gasteiger charge is 2.35. The van der Waals surface area contributed by atoms with Crippen LogP contribution in [0.5, 0.6) is 0 Å². The summed E-state index contributed by atoms with van der Waals surface area (Å²) < 4.78 is 0. The molecule has 1 N–H and O–H groups in total. The minimum Gasteiger partial charge on any atom is -0.480 e. The molecule has 0 bridgehead atoms. The van der Waals surface area contributed by atoms with Crippen LogP contribution >= 0.6 is 0 Å². The van der Waals surface area contributed by atoms with Crippen molar-refractivity contribution in [1.29, 1.82) is 5.26 Å². The summed E-state index contributed by atoms with van der Waals surface area (Å²) in [5, 5.41) is 17.5. The van der Waals surface area contributed by atoms with Gasteiger partial charge in [0.05, 0.1) is 0 Å². The number of nitrogens with zero attached hydrogens (tertiary/aromatic N) is 2. The Morgan fingerprint density at radius 2 is 2.06 bits per heavy atom. The van der Waals surface area contributed by atoms with Gasteiger partial charge in [0.2, 0.25) is 0 Å². The van der Waals surface area contributed by atoms with E-state index in [9.17, 15) is 14.4 Å². The summed E-state index contributed by atoms with van der Waals surface area (Å²) in [7, 11) is 0. The van der Waals surface area contributed by atoms with E-state index in [1.165, 1.54) is 13.0 Å². The molecule has 0 atom stereocenters. The lowest BCUT2D eigenvalue weighted by Gasteiger charge is -2.25. The van der Waals surface area contributed by atoms with Crippen LogP contribution in [0.1, 0.15) is 13.8 Å². The van der Waals surface area contributed by atoms with Gasteiger partial charge in [-0.1, -0.05) is 6.08 Å². The molecule has 88 valence electrons. The molecule has 0 aromatic carbocycles. The van der Waals surface area contributed by atoms with E-state index in [1.807, 2.05) is 0 Å². The summed E-state index contributed by atoms with van der Waals surface area (Å²) in [6.45, 7) is 2.33. The Bertz CT molecular complexity index is 508. The number of allylic oxidation sites excluding steroid dienone is 1. The van der Waals surface area contributed by atoms with Crippen molar-refractivity contribution in [2.75, 3.05) is 6.54 Å². The third-order valence-electron chi connectivity index (χ3n) is 2.41. The van der Waals surface area contributed by atoms with Crippen molar-refractivity contribution in [3.05, 3.63) is 22.8 Å². The number of hydrogen-bond acceptors (Lipinski definition) is 4. The number of carboxylic acids is 1. The van der Waals surface area contributed by atoms with E-state index in [2.05, 4.69) is 0 Å². The Hall–Kier alpha value is -2.42. The lowest BCUT2D eigenvalue weighted by Crippen LogP contribution is -2.45. The maximum atomic E-state index is 11.8. The first-order valence-corrected chi connectivity index (χ1v) is 4.79. The molecule has 6 heteroatoms. The van der Waals surface area contributed by atoms with Crippen molar-refractivity contribution in [3.63, 3.8) is 0 Å². The zero-order valence-corrected chi connectivity index (χ0v) is 9.35. The fourth-order valence-corrected chi connectivity index (χ4v) is 1.58. The van der Waals surface area contributed by atoms with E-state index in [0.29, 0.717) is 4.90 Å². The Morgan fingerprint density at radius 3 is 2.47 bits per heavy atom. The van der Waals surface area contributed by atoms with Crippen molar-refractivity contribution >= 4 is 17.8 Å². The molecule has 17 heavy (non-hydrogen) atoms. The van der Waals surface area contributed by atoms with Crippen molar-refractivity contribution in [2.24, 2.45) is 0 Å². The molecule has 6 nitrogen and oxygen atoms in total. The summed E-state index contributed by atoms with van der Waals surface area (Å²) >= 11 is 0. The van der Waals surface area contributed by atoms with Crippen LogP contribution in [0.4, 0.5) is 0 Å². The summed E-state index contributed by atoms with van der Waals surface area (Å²) in [4.78, 5) is 34.6. The molecular formula is C11H10N2O4. The quantitative estimate of drug-likeness (QED) is 0.544. The number of aliphatic carboxylic acids is 1. The summed E-state index contributed by atoms with van der Waals surface area (Å²) in [5.74, 6) is -2.85. The van der Waals surface area contributed by atoms with Crippen LogP contribution in [0.2, 0.25) is 0 Å². The van der Waals surface area contributed by atoms with Crippen molar-refractivity contribution in [1.82, 2.24) is 4.90 Å². The fraction of sp³-hybridized carbons (Fsp3) is 0.273. The zero-order chi connectivity index (χ0) is 13.2. The number of carbonyl (C=O) groups is 3. The molecule has 0 radical (unpaired) electrons. The van der Waals surface area contributed by atoms with Gasteiger partial charge >= 0.3 is 5.97 Å². The Labute approximate surface area is 97.4 Å². The first-order valence-electron chi connectivity index (χ1n) is 4.79. The Morgan fingerprint density at radius 1 is 1.47 bits per heavy atom. The molecule has 1 aliphatic rings. The van der Waals surface area contributed by atoms with E-state index in [1.54, 1.807) is 13.0 Å². The maximum Gasteiger partial charge on any atom is 0.323 e. The molecule has 1 heterocycles. The zero-order valence-electron chi connectivity index (χ0n) is 9.35. The van der Waals surface area contributed by atoms with Crippen molar-refractivity contribution in [2.45, 2.75) is 13.8 Å². The third kappa shape index (κ3) is 2.08. The predicted octanol–water partition coefficient (Wildman–Crippen LogP) is 0.226. The van der Waals surface area contributed by atoms with Gasteiger partial charge in [0, 0.05) is 5.57 Å². The molecule has 1 aliphatic heterocycles. The van der Waals surface area contributed by atoms with Crippen LogP contribution in [0.15, 0.2) is 22.8 Å². The average Bonchev–Trinajstić information content (AvgIpc) is 2.25. The number of amides is 2. The second-order valence-electron chi connectivity index (χ2n) is 3.40. The van der Waals surface area contributed by atoms with E-state index < -0.39 is 24.3 Å². The predicted molar refractivity (Wildman–Crippen MR) is 56.4 cm³/mol. The van der Waals surface area contributed by atoms with Crippen LogP contribution in [-0.4, -0.2) is 34.3 Å². The second-order valence-corrected chi connectivity index (χ2v) is 3.40. The van der Waals surface area contributed by atoms with Gasteiger partial charge in [-0.3, -0.25) is 19.3 Å². The fourth-order valence-electron chi connectivity index (χ4n) is 1.58. The highest BCUT2D eigenvalue weighted by atomic mass is 16.4. The lowest BCUT2D eigenvalue weighted by atomic mass is 9.95. The average molecular weight is 234 g/mol. The SMILES string of the molecule is CC=C1C(=O)N(CC(=O)O)C(=O)C(C#N)=C1C. The van der Waals surface area contributed by atoms with E-state index >= 15 is 0 Å². The van der Waals surface area contributed by atoms with Crippen LogP contribution in [0.3, 0.4) is 0 Å². The second kappa shape index (κ2) is 4.61. The highest BCUT2D eigenvalue weighted by molar-refractivity contribution is 6.18. The number of imide groups is 1. The van der Waals surface area contributed by atoms with Crippen LogP contribution in [0.25, 0.3) is 0 Å². The summed E-state index contributed by atoms with van der Waals surface area (Å²) in [6.07, 6.45) is 1.45. The lowest BCUT2D eigenvalue weighted by molar-refractivity contribution is -0.149. The molecule has 0 aromatic heterocycles. The smallest absolute Gasteiger partial charge is 0.323 e. The largest absolute Gasteiger partial charge is 0.480 e. The van der Waals surface area contributed by atoms with Crippen LogP contribution in [0, 0.1) is 11.3 Å². The first-order chi connectivity index (χ1) is 7.93. The number of carboxylic acid groups (broad SMARTS) is 1. The van der Waals surface area contributed by atoms with Gasteiger partial charge in [-0.05, 0) is 19.4 Å².